The number of aromatic nitrogens is 2. The van der Waals surface area contributed by atoms with Crippen LogP contribution in [0.3, 0.4) is 0 Å². The van der Waals surface area contributed by atoms with Gasteiger partial charge in [0.2, 0.25) is 0 Å². The number of benzene rings is 2. The van der Waals surface area contributed by atoms with Crippen LogP contribution in [0.2, 0.25) is 0 Å². The van der Waals surface area contributed by atoms with Crippen molar-refractivity contribution in [2.45, 2.75) is 6.54 Å². The van der Waals surface area contributed by atoms with Crippen molar-refractivity contribution in [2.24, 2.45) is 0 Å². The summed E-state index contributed by atoms with van der Waals surface area (Å²) in [4.78, 5) is 0. The fourth-order valence-corrected chi connectivity index (χ4v) is 2.10. The first-order valence-electron chi connectivity index (χ1n) is 6.22. The van der Waals surface area contributed by atoms with Crippen molar-refractivity contribution in [1.29, 1.82) is 0 Å². The number of hydrogen-bond acceptors (Lipinski definition) is 3. The Kier molecular flexibility index (Phi) is 3.06. The smallest absolute Gasteiger partial charge is 0.127 e. The zero-order valence-electron chi connectivity index (χ0n) is 10.5. The molecular weight excluding hydrogens is 238 g/mol. The first-order valence-corrected chi connectivity index (χ1v) is 6.22. The molecule has 0 aliphatic carbocycles. The van der Waals surface area contributed by atoms with Crippen LogP contribution in [0.25, 0.3) is 10.8 Å². The quantitative estimate of drug-likeness (QED) is 0.727. The Balaban J connectivity index is 1.79. The molecule has 0 spiro atoms. The third kappa shape index (κ3) is 2.38. The molecule has 19 heavy (non-hydrogen) atoms. The molecule has 4 nitrogen and oxygen atoms in total. The molecule has 0 amide bonds. The molecule has 0 radical (unpaired) electrons. The Bertz CT molecular complexity index is 677. The van der Waals surface area contributed by atoms with Gasteiger partial charge in [0.1, 0.15) is 12.4 Å². The van der Waals surface area contributed by atoms with Crippen LogP contribution in [0.1, 0.15) is 0 Å². The molecule has 0 saturated heterocycles. The number of fused-ring (bicyclic) bond motifs is 1. The highest BCUT2D eigenvalue weighted by Gasteiger charge is 2.04. The van der Waals surface area contributed by atoms with E-state index in [-0.39, 0.29) is 0 Å². The van der Waals surface area contributed by atoms with E-state index in [1.54, 1.807) is 6.20 Å². The van der Waals surface area contributed by atoms with Gasteiger partial charge in [0, 0.05) is 28.9 Å². The Morgan fingerprint density at radius 2 is 1.89 bits per heavy atom. The van der Waals surface area contributed by atoms with Crippen LogP contribution >= 0.6 is 0 Å². The Hall–Kier alpha value is -2.49. The van der Waals surface area contributed by atoms with Crippen LogP contribution in [0.4, 0.5) is 5.69 Å². The van der Waals surface area contributed by atoms with E-state index in [1.807, 2.05) is 53.3 Å². The van der Waals surface area contributed by atoms with Crippen molar-refractivity contribution < 1.29 is 4.74 Å². The van der Waals surface area contributed by atoms with Crippen molar-refractivity contribution in [2.75, 3.05) is 12.3 Å². The molecule has 1 aromatic heterocycles. The summed E-state index contributed by atoms with van der Waals surface area (Å²) in [5.74, 6) is 0.858. The van der Waals surface area contributed by atoms with Gasteiger partial charge in [-0.25, -0.2) is 0 Å². The molecule has 1 heterocycles. The van der Waals surface area contributed by atoms with Gasteiger partial charge in [0.05, 0.1) is 6.54 Å². The number of rotatable bonds is 4. The lowest BCUT2D eigenvalue weighted by molar-refractivity contribution is 0.294. The lowest BCUT2D eigenvalue weighted by Gasteiger charge is -2.10. The summed E-state index contributed by atoms with van der Waals surface area (Å²) in [6, 6.07) is 13.7. The second-order valence-electron chi connectivity index (χ2n) is 4.32. The van der Waals surface area contributed by atoms with E-state index in [9.17, 15) is 0 Å². The van der Waals surface area contributed by atoms with E-state index in [2.05, 4.69) is 5.10 Å². The second kappa shape index (κ2) is 5.02. The molecule has 0 unspecified atom stereocenters. The summed E-state index contributed by atoms with van der Waals surface area (Å²) >= 11 is 0. The van der Waals surface area contributed by atoms with E-state index < -0.39 is 0 Å². The zero-order chi connectivity index (χ0) is 13.1. The Labute approximate surface area is 111 Å². The van der Waals surface area contributed by atoms with Crippen molar-refractivity contribution in [3.8, 4) is 5.75 Å². The van der Waals surface area contributed by atoms with E-state index in [1.165, 1.54) is 0 Å². The summed E-state index contributed by atoms with van der Waals surface area (Å²) in [6.45, 7) is 1.31. The highest BCUT2D eigenvalue weighted by atomic mass is 16.5. The van der Waals surface area contributed by atoms with Crippen LogP contribution < -0.4 is 10.5 Å². The molecule has 3 aromatic rings. The number of hydrogen-bond donors (Lipinski definition) is 1. The molecule has 4 heteroatoms. The lowest BCUT2D eigenvalue weighted by Crippen LogP contribution is -2.08. The van der Waals surface area contributed by atoms with Gasteiger partial charge in [0.25, 0.3) is 0 Å². The lowest BCUT2D eigenvalue weighted by atomic mass is 10.1. The SMILES string of the molecule is Nc1ccc(OCCn2cccn2)c2ccccc12. The maximum atomic E-state index is 5.96. The van der Waals surface area contributed by atoms with Crippen LogP contribution in [-0.4, -0.2) is 16.4 Å². The summed E-state index contributed by atoms with van der Waals surface area (Å²) in [6.07, 6.45) is 3.68. The van der Waals surface area contributed by atoms with Gasteiger partial charge in [-0.15, -0.1) is 0 Å². The van der Waals surface area contributed by atoms with E-state index in [0.717, 1.165) is 28.8 Å². The molecule has 2 aromatic carbocycles. The van der Waals surface area contributed by atoms with Gasteiger partial charge in [-0.3, -0.25) is 4.68 Å². The van der Waals surface area contributed by atoms with Crippen LogP contribution in [0, 0.1) is 0 Å². The third-order valence-electron chi connectivity index (χ3n) is 3.05. The predicted molar refractivity (Wildman–Crippen MR) is 76.1 cm³/mol. The van der Waals surface area contributed by atoms with Crippen LogP contribution in [-0.2, 0) is 6.54 Å². The molecule has 0 fully saturated rings. The van der Waals surface area contributed by atoms with E-state index in [4.69, 9.17) is 10.5 Å². The summed E-state index contributed by atoms with van der Waals surface area (Å²) < 4.78 is 7.68. The molecule has 0 aliphatic heterocycles. The molecule has 2 N–H and O–H groups in total. The van der Waals surface area contributed by atoms with Gasteiger partial charge in [-0.2, -0.15) is 5.10 Å². The molecule has 0 aliphatic rings. The maximum absolute atomic E-state index is 5.96. The number of nitrogens with zero attached hydrogens (tertiary/aromatic N) is 2. The monoisotopic (exact) mass is 253 g/mol. The van der Waals surface area contributed by atoms with Crippen molar-refractivity contribution in [3.63, 3.8) is 0 Å². The Morgan fingerprint density at radius 1 is 1.05 bits per heavy atom. The van der Waals surface area contributed by atoms with Gasteiger partial charge in [0.15, 0.2) is 0 Å². The van der Waals surface area contributed by atoms with Crippen molar-refractivity contribution >= 4 is 16.5 Å². The van der Waals surface area contributed by atoms with Gasteiger partial charge >= 0.3 is 0 Å². The zero-order valence-corrected chi connectivity index (χ0v) is 10.5. The summed E-state index contributed by atoms with van der Waals surface area (Å²) in [5, 5.41) is 6.21. The van der Waals surface area contributed by atoms with Gasteiger partial charge < -0.3 is 10.5 Å². The van der Waals surface area contributed by atoms with Crippen LogP contribution in [0.5, 0.6) is 5.75 Å². The standard InChI is InChI=1S/C15H15N3O/c16-14-6-7-15(13-5-2-1-4-12(13)14)19-11-10-18-9-3-8-17-18/h1-9H,10-11,16H2. The highest BCUT2D eigenvalue weighted by molar-refractivity contribution is 5.96. The number of nitrogen functional groups attached to an aromatic ring is 1. The minimum absolute atomic E-state index is 0.579. The predicted octanol–water partition coefficient (Wildman–Crippen LogP) is 2.70. The van der Waals surface area contributed by atoms with Crippen LogP contribution in [0.15, 0.2) is 54.9 Å². The molecule has 96 valence electrons. The first kappa shape index (κ1) is 11.6. The van der Waals surface area contributed by atoms with Crippen molar-refractivity contribution in [3.05, 3.63) is 54.9 Å². The molecular formula is C15H15N3O. The molecule has 0 saturated carbocycles. The van der Waals surface area contributed by atoms with E-state index >= 15 is 0 Å². The first-order chi connectivity index (χ1) is 9.34. The summed E-state index contributed by atoms with van der Waals surface area (Å²) in [5.41, 5.74) is 6.73. The summed E-state index contributed by atoms with van der Waals surface area (Å²) in [7, 11) is 0. The maximum Gasteiger partial charge on any atom is 0.127 e. The minimum atomic E-state index is 0.579. The van der Waals surface area contributed by atoms with Gasteiger partial charge in [-0.1, -0.05) is 24.3 Å². The normalized spacial score (nSPS) is 10.7. The fraction of sp³-hybridized carbons (Fsp3) is 0.133. The van der Waals surface area contributed by atoms with Crippen molar-refractivity contribution in [1.82, 2.24) is 9.78 Å². The molecule has 0 bridgehead atoms. The molecule has 0 atom stereocenters. The minimum Gasteiger partial charge on any atom is -0.491 e. The van der Waals surface area contributed by atoms with Gasteiger partial charge in [-0.05, 0) is 18.2 Å². The number of nitrogens with two attached hydrogens (primary N) is 1. The fourth-order valence-electron chi connectivity index (χ4n) is 2.10. The average molecular weight is 253 g/mol. The Morgan fingerprint density at radius 3 is 2.68 bits per heavy atom. The number of anilines is 1. The molecule has 3 rings (SSSR count). The number of ether oxygens (including phenoxy) is 1. The second-order valence-corrected chi connectivity index (χ2v) is 4.32. The van der Waals surface area contributed by atoms with E-state index in [0.29, 0.717) is 6.61 Å². The highest BCUT2D eigenvalue weighted by Crippen LogP contribution is 2.29. The largest absolute Gasteiger partial charge is 0.491 e. The topological polar surface area (TPSA) is 53.1 Å². The average Bonchev–Trinajstić information content (AvgIpc) is 2.95. The third-order valence-corrected chi connectivity index (χ3v) is 3.05.